The van der Waals surface area contributed by atoms with E-state index in [0.29, 0.717) is 12.1 Å². The third-order valence-corrected chi connectivity index (χ3v) is 4.74. The first-order chi connectivity index (χ1) is 15.4. The predicted molar refractivity (Wildman–Crippen MR) is 122 cm³/mol. The van der Waals surface area contributed by atoms with Crippen molar-refractivity contribution in [3.63, 3.8) is 0 Å². The number of aliphatic carboxylic acids is 1. The molecule has 0 spiro atoms. The number of rotatable bonds is 9. The summed E-state index contributed by atoms with van der Waals surface area (Å²) in [4.78, 5) is 38.7. The molecule has 2 aromatic rings. The topological polar surface area (TPSA) is 127 Å². The molecule has 0 bridgehead atoms. The van der Waals surface area contributed by atoms with Crippen molar-refractivity contribution >= 4 is 18.0 Å². The Morgan fingerprint density at radius 3 is 2.36 bits per heavy atom. The van der Waals surface area contributed by atoms with Gasteiger partial charge in [-0.1, -0.05) is 49.4 Å². The molecular weight excluding hydrogens is 426 g/mol. The summed E-state index contributed by atoms with van der Waals surface area (Å²) < 4.78 is 6.74. The molecule has 10 heteroatoms. The predicted octanol–water partition coefficient (Wildman–Crippen LogP) is 2.80. The van der Waals surface area contributed by atoms with E-state index in [-0.39, 0.29) is 12.5 Å². The first kappa shape index (κ1) is 25.8. The molecule has 0 saturated carbocycles. The Morgan fingerprint density at radius 1 is 1.18 bits per heavy atom. The molecule has 2 atom stereocenters. The van der Waals surface area contributed by atoms with Crippen molar-refractivity contribution in [2.24, 2.45) is 5.92 Å². The van der Waals surface area contributed by atoms with Crippen LogP contribution in [0.25, 0.3) is 11.3 Å². The number of amides is 2. The van der Waals surface area contributed by atoms with Crippen LogP contribution in [0.1, 0.15) is 41.0 Å². The summed E-state index contributed by atoms with van der Waals surface area (Å²) in [5.41, 5.74) is 0.709. The summed E-state index contributed by atoms with van der Waals surface area (Å²) in [5, 5.41) is 20.3. The van der Waals surface area contributed by atoms with Gasteiger partial charge in [0.15, 0.2) is 0 Å². The Kier molecular flexibility index (Phi) is 8.56. The maximum absolute atomic E-state index is 13.1. The van der Waals surface area contributed by atoms with Gasteiger partial charge < -0.3 is 15.2 Å². The number of carbonyl (C=O) groups excluding carboxylic acids is 2. The van der Waals surface area contributed by atoms with Gasteiger partial charge in [-0.25, -0.2) is 14.3 Å². The highest BCUT2D eigenvalue weighted by Crippen LogP contribution is 2.17. The molecule has 0 radical (unpaired) electrons. The van der Waals surface area contributed by atoms with Crippen LogP contribution >= 0.6 is 0 Å². The van der Waals surface area contributed by atoms with Crippen molar-refractivity contribution in [2.75, 3.05) is 7.05 Å². The summed E-state index contributed by atoms with van der Waals surface area (Å²) in [5.74, 6) is -1.71. The molecule has 0 aliphatic heterocycles. The van der Waals surface area contributed by atoms with Crippen LogP contribution in [0.4, 0.5) is 4.79 Å². The molecule has 1 heterocycles. The van der Waals surface area contributed by atoms with E-state index in [0.717, 1.165) is 5.56 Å². The molecule has 0 fully saturated rings. The molecule has 2 rings (SSSR count). The van der Waals surface area contributed by atoms with Crippen molar-refractivity contribution in [1.29, 1.82) is 0 Å². The quantitative estimate of drug-likeness (QED) is 0.590. The van der Waals surface area contributed by atoms with Crippen molar-refractivity contribution in [2.45, 2.75) is 65.3 Å². The number of hydrogen-bond donors (Lipinski definition) is 2. The second-order valence-corrected chi connectivity index (χ2v) is 9.33. The van der Waals surface area contributed by atoms with E-state index in [1.165, 1.54) is 16.6 Å². The first-order valence-corrected chi connectivity index (χ1v) is 10.8. The van der Waals surface area contributed by atoms with E-state index < -0.39 is 35.7 Å². The fourth-order valence-electron chi connectivity index (χ4n) is 3.12. The normalized spacial score (nSPS) is 13.3. The van der Waals surface area contributed by atoms with Crippen LogP contribution in [0.5, 0.6) is 0 Å². The van der Waals surface area contributed by atoms with E-state index >= 15 is 0 Å². The summed E-state index contributed by atoms with van der Waals surface area (Å²) >= 11 is 0. The second kappa shape index (κ2) is 10.9. The Labute approximate surface area is 193 Å². The van der Waals surface area contributed by atoms with Gasteiger partial charge in [-0.3, -0.25) is 9.69 Å². The van der Waals surface area contributed by atoms with Crippen molar-refractivity contribution in [1.82, 2.24) is 25.2 Å². The number of nitrogens with one attached hydrogen (secondary N) is 1. The Morgan fingerprint density at radius 2 is 1.82 bits per heavy atom. The largest absolute Gasteiger partial charge is 0.480 e. The number of carboxylic acids is 1. The number of aromatic nitrogens is 3. The van der Waals surface area contributed by atoms with Gasteiger partial charge in [-0.15, -0.1) is 5.10 Å². The van der Waals surface area contributed by atoms with Gasteiger partial charge in [0, 0.05) is 12.6 Å². The van der Waals surface area contributed by atoms with Crippen LogP contribution in [0, 0.1) is 5.92 Å². The molecule has 0 aliphatic carbocycles. The maximum Gasteiger partial charge on any atom is 0.410 e. The highest BCUT2D eigenvalue weighted by Gasteiger charge is 2.33. The van der Waals surface area contributed by atoms with Gasteiger partial charge >= 0.3 is 12.1 Å². The fourth-order valence-corrected chi connectivity index (χ4v) is 3.12. The van der Waals surface area contributed by atoms with E-state index in [2.05, 4.69) is 15.6 Å². The molecule has 1 aromatic carbocycles. The molecule has 1 aromatic heterocycles. The zero-order valence-corrected chi connectivity index (χ0v) is 20.0. The zero-order chi connectivity index (χ0) is 24.8. The van der Waals surface area contributed by atoms with Crippen LogP contribution < -0.4 is 5.32 Å². The number of benzene rings is 1. The van der Waals surface area contributed by atoms with Gasteiger partial charge in [0.1, 0.15) is 23.4 Å². The lowest BCUT2D eigenvalue weighted by Crippen LogP contribution is -2.54. The van der Waals surface area contributed by atoms with Crippen molar-refractivity contribution < 1.29 is 24.2 Å². The van der Waals surface area contributed by atoms with E-state index in [1.54, 1.807) is 27.0 Å². The molecule has 33 heavy (non-hydrogen) atoms. The molecular formula is C23H33N5O5. The van der Waals surface area contributed by atoms with E-state index in [4.69, 9.17) is 4.74 Å². The minimum absolute atomic E-state index is 0.0812. The smallest absolute Gasteiger partial charge is 0.410 e. The lowest BCUT2D eigenvalue weighted by molar-refractivity contribution is -0.143. The van der Waals surface area contributed by atoms with E-state index in [9.17, 15) is 19.5 Å². The average molecular weight is 460 g/mol. The molecule has 10 nitrogen and oxygen atoms in total. The lowest BCUT2D eigenvalue weighted by atomic mass is 10.0. The second-order valence-electron chi connectivity index (χ2n) is 9.33. The number of carboxylic acid groups (broad SMARTS) is 1. The molecule has 2 N–H and O–H groups in total. The molecule has 0 aliphatic rings. The number of carbonyl (C=O) groups is 3. The van der Waals surface area contributed by atoms with Crippen molar-refractivity contribution in [3.05, 3.63) is 36.5 Å². The number of nitrogens with zero attached hydrogens (tertiary/aromatic N) is 4. The SMILES string of the molecule is CC(C)CC(C(=O)NC(Cn1cc(-c2ccccc2)nn1)C(=O)O)N(C)C(=O)OC(C)(C)C. The van der Waals surface area contributed by atoms with E-state index in [1.807, 2.05) is 44.2 Å². The highest BCUT2D eigenvalue weighted by atomic mass is 16.6. The summed E-state index contributed by atoms with van der Waals surface area (Å²) in [6.07, 6.45) is 1.31. The summed E-state index contributed by atoms with van der Waals surface area (Å²) in [6, 6.07) is 7.20. The third-order valence-electron chi connectivity index (χ3n) is 4.74. The summed E-state index contributed by atoms with van der Waals surface area (Å²) in [7, 11) is 1.47. The van der Waals surface area contributed by atoms with Crippen molar-refractivity contribution in [3.8, 4) is 11.3 Å². The van der Waals surface area contributed by atoms with Crippen LogP contribution in [-0.4, -0.2) is 67.7 Å². The fraction of sp³-hybridized carbons (Fsp3) is 0.522. The number of ether oxygens (including phenoxy) is 1. The number of hydrogen-bond acceptors (Lipinski definition) is 6. The average Bonchev–Trinajstić information content (AvgIpc) is 3.18. The highest BCUT2D eigenvalue weighted by molar-refractivity contribution is 5.89. The van der Waals surface area contributed by atoms with Gasteiger partial charge in [0.05, 0.1) is 12.7 Å². The molecule has 2 unspecified atom stereocenters. The van der Waals surface area contributed by atoms with Gasteiger partial charge in [0.2, 0.25) is 5.91 Å². The minimum atomic E-state index is -1.26. The van der Waals surface area contributed by atoms with Gasteiger partial charge in [0.25, 0.3) is 0 Å². The lowest BCUT2D eigenvalue weighted by Gasteiger charge is -2.31. The Balaban J connectivity index is 2.15. The molecule has 2 amide bonds. The van der Waals surface area contributed by atoms with Gasteiger partial charge in [-0.2, -0.15) is 0 Å². The van der Waals surface area contributed by atoms with Gasteiger partial charge in [-0.05, 0) is 33.1 Å². The monoisotopic (exact) mass is 459 g/mol. The third kappa shape index (κ3) is 7.89. The Bertz CT molecular complexity index is 952. The summed E-state index contributed by atoms with van der Waals surface area (Å²) in [6.45, 7) is 8.91. The molecule has 0 saturated heterocycles. The van der Waals surface area contributed by atoms with Crippen LogP contribution in [-0.2, 0) is 20.9 Å². The minimum Gasteiger partial charge on any atom is -0.480 e. The molecule has 180 valence electrons. The zero-order valence-electron chi connectivity index (χ0n) is 20.0. The Hall–Kier alpha value is -3.43. The van der Waals surface area contributed by atoms with Crippen LogP contribution in [0.15, 0.2) is 36.5 Å². The van der Waals surface area contributed by atoms with Crippen LogP contribution in [0.3, 0.4) is 0 Å². The van der Waals surface area contributed by atoms with Crippen LogP contribution in [0.2, 0.25) is 0 Å². The first-order valence-electron chi connectivity index (χ1n) is 10.8. The number of likely N-dealkylation sites (N-methyl/N-ethyl adjacent to an activating group) is 1. The standard InChI is InChI=1S/C23H33N5O5/c1-15(2)12-19(27(6)22(32)33-23(3,4)5)20(29)24-18(21(30)31)14-28-13-17(25-26-28)16-10-8-7-9-11-16/h7-11,13,15,18-19H,12,14H2,1-6H3,(H,24,29)(H,30,31). The maximum atomic E-state index is 13.1.